The average Bonchev–Trinajstić information content (AvgIpc) is 3.28. The number of rotatable bonds is 8. The van der Waals surface area contributed by atoms with E-state index in [4.69, 9.17) is 4.42 Å². The molecule has 0 aromatic carbocycles. The van der Waals surface area contributed by atoms with Crippen LogP contribution in [0.5, 0.6) is 0 Å². The number of hydrogen-bond acceptors (Lipinski definition) is 3. The van der Waals surface area contributed by atoms with Gasteiger partial charge in [-0.15, -0.1) is 0 Å². The maximum atomic E-state index is 5.97. The van der Waals surface area contributed by atoms with Gasteiger partial charge in [-0.3, -0.25) is 4.90 Å². The lowest BCUT2D eigenvalue weighted by molar-refractivity contribution is 0.187. The van der Waals surface area contributed by atoms with Gasteiger partial charge in [0.05, 0.1) is 6.54 Å². The van der Waals surface area contributed by atoms with Crippen molar-refractivity contribution >= 4 is 0 Å². The topological polar surface area (TPSA) is 28.4 Å². The van der Waals surface area contributed by atoms with E-state index in [9.17, 15) is 0 Å². The minimum Gasteiger partial charge on any atom is -0.465 e. The number of hydrogen-bond donors (Lipinski definition) is 1. The van der Waals surface area contributed by atoms with Crippen molar-refractivity contribution < 1.29 is 4.42 Å². The van der Waals surface area contributed by atoms with Crippen LogP contribution in [-0.4, -0.2) is 23.5 Å². The first-order valence-corrected chi connectivity index (χ1v) is 8.17. The summed E-state index contributed by atoms with van der Waals surface area (Å²) < 4.78 is 5.97. The molecule has 3 rings (SSSR count). The Morgan fingerprint density at radius 2 is 2.05 bits per heavy atom. The van der Waals surface area contributed by atoms with E-state index in [1.54, 1.807) is 0 Å². The first-order chi connectivity index (χ1) is 9.61. The Labute approximate surface area is 122 Å². The van der Waals surface area contributed by atoms with Gasteiger partial charge in [0, 0.05) is 30.7 Å². The van der Waals surface area contributed by atoms with E-state index in [1.165, 1.54) is 37.8 Å². The quantitative estimate of drug-likeness (QED) is 0.788. The molecule has 1 aromatic heterocycles. The Morgan fingerprint density at radius 1 is 1.30 bits per heavy atom. The van der Waals surface area contributed by atoms with Gasteiger partial charge in [0.15, 0.2) is 0 Å². The molecule has 2 aliphatic carbocycles. The molecule has 2 aliphatic rings. The van der Waals surface area contributed by atoms with E-state index in [0.717, 1.165) is 36.6 Å². The number of nitrogens with one attached hydrogen (secondary N) is 1. The summed E-state index contributed by atoms with van der Waals surface area (Å²) in [5, 5.41) is 3.57. The van der Waals surface area contributed by atoms with Crippen molar-refractivity contribution in [2.75, 3.05) is 6.54 Å². The molecule has 1 heterocycles. The zero-order valence-electron chi connectivity index (χ0n) is 13.1. The lowest BCUT2D eigenvalue weighted by atomic mass is 10.2. The Hall–Kier alpha value is -0.800. The standard InChI is InChI=1S/C17H28N2O/c1-12(2)19(10-14-4-5-14)11-17-8-15(13(3)20-17)9-18-16-6-7-16/h8,12,14,16,18H,4-7,9-11H2,1-3H3. The second kappa shape index (κ2) is 5.90. The second-order valence-corrected chi connectivity index (χ2v) is 6.92. The van der Waals surface area contributed by atoms with E-state index in [1.807, 2.05) is 0 Å². The zero-order chi connectivity index (χ0) is 14.1. The number of aryl methyl sites for hydroxylation is 1. The third kappa shape index (κ3) is 3.86. The SMILES string of the molecule is Cc1oc(CN(CC2CC2)C(C)C)cc1CNC1CC1. The van der Waals surface area contributed by atoms with Crippen molar-refractivity contribution in [3.05, 3.63) is 23.2 Å². The van der Waals surface area contributed by atoms with Crippen molar-refractivity contribution in [2.24, 2.45) is 5.92 Å². The molecule has 3 nitrogen and oxygen atoms in total. The summed E-state index contributed by atoms with van der Waals surface area (Å²) in [6.07, 6.45) is 5.51. The molecule has 0 aliphatic heterocycles. The molecule has 0 spiro atoms. The maximum Gasteiger partial charge on any atom is 0.118 e. The predicted octanol–water partition coefficient (Wildman–Crippen LogP) is 3.46. The summed E-state index contributed by atoms with van der Waals surface area (Å²) in [7, 11) is 0. The summed E-state index contributed by atoms with van der Waals surface area (Å²) >= 11 is 0. The average molecular weight is 276 g/mol. The van der Waals surface area contributed by atoms with Crippen molar-refractivity contribution in [3.63, 3.8) is 0 Å². The van der Waals surface area contributed by atoms with Gasteiger partial charge in [0.1, 0.15) is 11.5 Å². The minimum absolute atomic E-state index is 0.592. The van der Waals surface area contributed by atoms with Gasteiger partial charge >= 0.3 is 0 Å². The third-order valence-electron chi connectivity index (χ3n) is 4.51. The van der Waals surface area contributed by atoms with E-state index in [2.05, 4.69) is 37.1 Å². The van der Waals surface area contributed by atoms with Crippen LogP contribution in [0, 0.1) is 12.8 Å². The van der Waals surface area contributed by atoms with Crippen LogP contribution in [0.1, 0.15) is 56.6 Å². The first kappa shape index (κ1) is 14.2. The van der Waals surface area contributed by atoms with Gasteiger partial charge in [-0.05, 0) is 58.4 Å². The van der Waals surface area contributed by atoms with Crippen LogP contribution in [0.3, 0.4) is 0 Å². The normalized spacial score (nSPS) is 19.2. The number of nitrogens with zero attached hydrogens (tertiary/aromatic N) is 1. The Morgan fingerprint density at radius 3 is 2.65 bits per heavy atom. The molecule has 0 saturated heterocycles. The molecule has 2 saturated carbocycles. The first-order valence-electron chi connectivity index (χ1n) is 8.17. The highest BCUT2D eigenvalue weighted by molar-refractivity contribution is 5.21. The highest BCUT2D eigenvalue weighted by atomic mass is 16.3. The van der Waals surface area contributed by atoms with Gasteiger partial charge in [-0.25, -0.2) is 0 Å². The van der Waals surface area contributed by atoms with E-state index >= 15 is 0 Å². The maximum absolute atomic E-state index is 5.97. The van der Waals surface area contributed by atoms with Gasteiger partial charge in [0.25, 0.3) is 0 Å². The molecular weight excluding hydrogens is 248 g/mol. The van der Waals surface area contributed by atoms with Crippen LogP contribution in [0.4, 0.5) is 0 Å². The monoisotopic (exact) mass is 276 g/mol. The summed E-state index contributed by atoms with van der Waals surface area (Å²) in [6, 6.07) is 3.61. The second-order valence-electron chi connectivity index (χ2n) is 6.92. The molecule has 3 heteroatoms. The molecule has 0 amide bonds. The van der Waals surface area contributed by atoms with Gasteiger partial charge in [-0.1, -0.05) is 0 Å². The van der Waals surface area contributed by atoms with E-state index in [0.29, 0.717) is 6.04 Å². The predicted molar refractivity (Wildman–Crippen MR) is 81.6 cm³/mol. The molecule has 0 atom stereocenters. The zero-order valence-corrected chi connectivity index (χ0v) is 13.1. The summed E-state index contributed by atoms with van der Waals surface area (Å²) in [4.78, 5) is 2.55. The third-order valence-corrected chi connectivity index (χ3v) is 4.51. The highest BCUT2D eigenvalue weighted by Crippen LogP contribution is 2.31. The molecule has 0 unspecified atom stereocenters. The van der Waals surface area contributed by atoms with E-state index in [-0.39, 0.29) is 0 Å². The molecule has 1 aromatic rings. The summed E-state index contributed by atoms with van der Waals surface area (Å²) in [5.41, 5.74) is 1.34. The Kier molecular flexibility index (Phi) is 4.18. The van der Waals surface area contributed by atoms with Crippen molar-refractivity contribution in [1.29, 1.82) is 0 Å². The molecule has 1 N–H and O–H groups in total. The van der Waals surface area contributed by atoms with Crippen LogP contribution >= 0.6 is 0 Å². The molecule has 112 valence electrons. The van der Waals surface area contributed by atoms with Crippen LogP contribution in [0.15, 0.2) is 10.5 Å². The molecule has 0 radical (unpaired) electrons. The fourth-order valence-corrected chi connectivity index (χ4v) is 2.67. The largest absolute Gasteiger partial charge is 0.465 e. The van der Waals surface area contributed by atoms with E-state index < -0.39 is 0 Å². The van der Waals surface area contributed by atoms with Crippen molar-refractivity contribution in [3.8, 4) is 0 Å². The minimum atomic E-state index is 0.592. The van der Waals surface area contributed by atoms with Crippen molar-refractivity contribution in [1.82, 2.24) is 10.2 Å². The number of furan rings is 1. The van der Waals surface area contributed by atoms with Crippen LogP contribution in [0.2, 0.25) is 0 Å². The smallest absolute Gasteiger partial charge is 0.118 e. The molecule has 20 heavy (non-hydrogen) atoms. The lowest BCUT2D eigenvalue weighted by Gasteiger charge is -2.25. The van der Waals surface area contributed by atoms with Crippen LogP contribution < -0.4 is 5.32 Å². The summed E-state index contributed by atoms with van der Waals surface area (Å²) in [6.45, 7) is 9.81. The Bertz CT molecular complexity index is 444. The molecule has 0 bridgehead atoms. The van der Waals surface area contributed by atoms with Crippen molar-refractivity contribution in [2.45, 2.75) is 71.6 Å². The van der Waals surface area contributed by atoms with Crippen LogP contribution in [-0.2, 0) is 13.1 Å². The van der Waals surface area contributed by atoms with Gasteiger partial charge in [-0.2, -0.15) is 0 Å². The fraction of sp³-hybridized carbons (Fsp3) is 0.765. The highest BCUT2D eigenvalue weighted by Gasteiger charge is 2.26. The van der Waals surface area contributed by atoms with Crippen LogP contribution in [0.25, 0.3) is 0 Å². The Balaban J connectivity index is 1.58. The fourth-order valence-electron chi connectivity index (χ4n) is 2.67. The molecular formula is C17H28N2O. The van der Waals surface area contributed by atoms with Gasteiger partial charge in [0.2, 0.25) is 0 Å². The van der Waals surface area contributed by atoms with Gasteiger partial charge < -0.3 is 9.73 Å². The lowest BCUT2D eigenvalue weighted by Crippen LogP contribution is -2.32. The molecule has 2 fully saturated rings. The summed E-state index contributed by atoms with van der Waals surface area (Å²) in [5.74, 6) is 3.15.